The Morgan fingerprint density at radius 2 is 2.20 bits per heavy atom. The van der Waals surface area contributed by atoms with Gasteiger partial charge < -0.3 is 0 Å². The van der Waals surface area contributed by atoms with E-state index < -0.39 is 0 Å². The van der Waals surface area contributed by atoms with Crippen molar-refractivity contribution < 1.29 is 4.79 Å². The van der Waals surface area contributed by atoms with E-state index in [2.05, 4.69) is 36.4 Å². The Hall–Kier alpha value is 0.400. The molecule has 58 valence electrons. The lowest BCUT2D eigenvalue weighted by Crippen LogP contribution is -2.35. The second-order valence-electron chi connectivity index (χ2n) is 3.67. The summed E-state index contributed by atoms with van der Waals surface area (Å²) >= 11 is 2.28. The lowest BCUT2D eigenvalue weighted by Gasteiger charge is -2.33. The molecule has 1 nitrogen and oxygen atoms in total. The zero-order chi connectivity index (χ0) is 7.78. The molecule has 0 amide bonds. The smallest absolute Gasteiger partial charge is 0.146 e. The summed E-state index contributed by atoms with van der Waals surface area (Å²) < 4.78 is 0.249. The number of Topliss-reactive ketones (excluding diaryl/α,β-unsaturated/α-hetero) is 1. The zero-order valence-electron chi connectivity index (χ0n) is 6.48. The van der Waals surface area contributed by atoms with Gasteiger partial charge in [0.15, 0.2) is 0 Å². The van der Waals surface area contributed by atoms with Crippen LogP contribution in [-0.4, -0.2) is 9.71 Å². The van der Waals surface area contributed by atoms with Gasteiger partial charge in [-0.3, -0.25) is 4.79 Å². The molecule has 0 heterocycles. The minimum atomic E-state index is 0.246. The van der Waals surface area contributed by atoms with E-state index in [0.717, 1.165) is 12.8 Å². The summed E-state index contributed by atoms with van der Waals surface area (Å²) in [5.41, 5.74) is 0.246. The van der Waals surface area contributed by atoms with Crippen LogP contribution < -0.4 is 0 Å². The summed E-state index contributed by atoms with van der Waals surface area (Å²) in [6.45, 7) is 4.36. The Kier molecular flexibility index (Phi) is 2.38. The third-order valence-electron chi connectivity index (χ3n) is 2.21. The Bertz CT molecular complexity index is 151. The van der Waals surface area contributed by atoms with Gasteiger partial charge in [-0.25, -0.2) is 0 Å². The molecule has 2 heteroatoms. The van der Waals surface area contributed by atoms with Crippen molar-refractivity contribution in [1.29, 1.82) is 0 Å². The van der Waals surface area contributed by atoms with Gasteiger partial charge in [0.1, 0.15) is 5.78 Å². The van der Waals surface area contributed by atoms with Crippen molar-refractivity contribution in [2.75, 3.05) is 0 Å². The maximum Gasteiger partial charge on any atom is 0.146 e. The highest BCUT2D eigenvalue weighted by atomic mass is 127. The molecule has 0 aliphatic heterocycles. The fourth-order valence-corrected chi connectivity index (χ4v) is 2.03. The summed E-state index contributed by atoms with van der Waals surface area (Å²) in [6.07, 6.45) is 3.09. The molecule has 0 bridgehead atoms. The number of carbonyl (C=O) groups excluding carboxylic acids is 1. The van der Waals surface area contributed by atoms with Gasteiger partial charge in [0.25, 0.3) is 0 Å². The van der Waals surface area contributed by atoms with Crippen LogP contribution in [0.15, 0.2) is 0 Å². The fraction of sp³-hybridized carbons (Fsp3) is 0.875. The fourth-order valence-electron chi connectivity index (χ4n) is 1.41. The van der Waals surface area contributed by atoms with Crippen LogP contribution in [-0.2, 0) is 4.79 Å². The normalized spacial score (nSPS) is 32.3. The highest BCUT2D eigenvalue weighted by molar-refractivity contribution is 14.1. The molecule has 0 saturated heterocycles. The number of hydrogen-bond acceptors (Lipinski definition) is 1. The van der Waals surface area contributed by atoms with Gasteiger partial charge in [0, 0.05) is 6.42 Å². The number of hydrogen-bond donors (Lipinski definition) is 0. The van der Waals surface area contributed by atoms with E-state index in [0.29, 0.717) is 5.78 Å². The van der Waals surface area contributed by atoms with Crippen molar-refractivity contribution in [3.63, 3.8) is 0 Å². The van der Waals surface area contributed by atoms with E-state index in [1.54, 1.807) is 0 Å². The minimum Gasteiger partial charge on any atom is -0.299 e. The Morgan fingerprint density at radius 3 is 2.60 bits per heavy atom. The predicted octanol–water partition coefficient (Wildman–Crippen LogP) is 2.57. The van der Waals surface area contributed by atoms with Crippen LogP contribution in [0.3, 0.4) is 0 Å². The summed E-state index contributed by atoms with van der Waals surface area (Å²) in [6, 6.07) is 0. The molecule has 1 aliphatic rings. The number of alkyl halides is 1. The maximum absolute atomic E-state index is 11.2. The van der Waals surface area contributed by atoms with Crippen molar-refractivity contribution in [2.24, 2.45) is 5.41 Å². The van der Waals surface area contributed by atoms with Gasteiger partial charge in [-0.2, -0.15) is 0 Å². The van der Waals surface area contributed by atoms with Gasteiger partial charge >= 0.3 is 0 Å². The summed E-state index contributed by atoms with van der Waals surface area (Å²) in [7, 11) is 0. The standard InChI is InChI=1S/C8H13IO/c1-8(2)5-3-4-6(10)7(8)9/h7H,3-5H2,1-2H3. The topological polar surface area (TPSA) is 17.1 Å². The maximum atomic E-state index is 11.2. The van der Waals surface area contributed by atoms with Crippen LogP contribution in [0.4, 0.5) is 0 Å². The number of halogens is 1. The third-order valence-corrected chi connectivity index (χ3v) is 4.59. The molecule has 0 aromatic rings. The molecule has 0 N–H and O–H groups in total. The van der Waals surface area contributed by atoms with Crippen LogP contribution in [0.25, 0.3) is 0 Å². The first-order valence-electron chi connectivity index (χ1n) is 3.71. The van der Waals surface area contributed by atoms with E-state index in [9.17, 15) is 4.79 Å². The molecule has 10 heavy (non-hydrogen) atoms. The predicted molar refractivity (Wildman–Crippen MR) is 50.4 cm³/mol. The van der Waals surface area contributed by atoms with E-state index in [1.807, 2.05) is 0 Å². The Labute approximate surface area is 75.7 Å². The highest BCUT2D eigenvalue weighted by Crippen LogP contribution is 2.38. The molecule has 0 aromatic heterocycles. The second kappa shape index (κ2) is 2.80. The number of rotatable bonds is 0. The van der Waals surface area contributed by atoms with E-state index in [-0.39, 0.29) is 9.34 Å². The van der Waals surface area contributed by atoms with Crippen LogP contribution in [0.1, 0.15) is 33.1 Å². The van der Waals surface area contributed by atoms with Gasteiger partial charge in [-0.05, 0) is 18.3 Å². The Morgan fingerprint density at radius 1 is 1.60 bits per heavy atom. The van der Waals surface area contributed by atoms with Crippen molar-refractivity contribution in [3.8, 4) is 0 Å². The average molecular weight is 252 g/mol. The summed E-state index contributed by atoms with van der Waals surface area (Å²) in [5, 5.41) is 0. The third kappa shape index (κ3) is 1.52. The minimum absolute atomic E-state index is 0.246. The van der Waals surface area contributed by atoms with E-state index in [1.165, 1.54) is 6.42 Å². The zero-order valence-corrected chi connectivity index (χ0v) is 8.64. The molecule has 0 aromatic carbocycles. The molecular weight excluding hydrogens is 239 g/mol. The highest BCUT2D eigenvalue weighted by Gasteiger charge is 2.35. The van der Waals surface area contributed by atoms with E-state index in [4.69, 9.17) is 0 Å². The molecule has 0 spiro atoms. The van der Waals surface area contributed by atoms with Crippen molar-refractivity contribution in [2.45, 2.75) is 37.0 Å². The van der Waals surface area contributed by atoms with Gasteiger partial charge in [-0.15, -0.1) is 0 Å². The number of carbonyl (C=O) groups is 1. The monoisotopic (exact) mass is 252 g/mol. The molecule has 1 atom stereocenters. The SMILES string of the molecule is CC1(C)CCCC(=O)C1I. The Balaban J connectivity index is 2.69. The number of ketones is 1. The van der Waals surface area contributed by atoms with E-state index >= 15 is 0 Å². The molecule has 1 fully saturated rings. The van der Waals surface area contributed by atoms with Crippen LogP contribution >= 0.6 is 22.6 Å². The van der Waals surface area contributed by atoms with Crippen molar-refractivity contribution >= 4 is 28.4 Å². The van der Waals surface area contributed by atoms with Crippen molar-refractivity contribution in [1.82, 2.24) is 0 Å². The van der Waals surface area contributed by atoms with Crippen LogP contribution in [0.5, 0.6) is 0 Å². The van der Waals surface area contributed by atoms with Gasteiger partial charge in [0.2, 0.25) is 0 Å². The first-order chi connectivity index (χ1) is 4.54. The van der Waals surface area contributed by atoms with Crippen LogP contribution in [0, 0.1) is 5.41 Å². The second-order valence-corrected chi connectivity index (χ2v) is 4.92. The molecule has 1 saturated carbocycles. The van der Waals surface area contributed by atoms with Crippen molar-refractivity contribution in [3.05, 3.63) is 0 Å². The molecular formula is C8H13IO. The molecule has 1 unspecified atom stereocenters. The first kappa shape index (κ1) is 8.50. The summed E-state index contributed by atoms with van der Waals surface area (Å²) in [5.74, 6) is 0.442. The van der Waals surface area contributed by atoms with Crippen LogP contribution in [0.2, 0.25) is 0 Å². The largest absolute Gasteiger partial charge is 0.299 e. The molecule has 1 aliphatic carbocycles. The average Bonchev–Trinajstić information content (AvgIpc) is 1.83. The summed E-state index contributed by atoms with van der Waals surface area (Å²) in [4.78, 5) is 11.2. The molecule has 1 rings (SSSR count). The first-order valence-corrected chi connectivity index (χ1v) is 4.95. The van der Waals surface area contributed by atoms with Gasteiger partial charge in [0.05, 0.1) is 3.92 Å². The molecule has 0 radical (unpaired) electrons. The van der Waals surface area contributed by atoms with Gasteiger partial charge in [-0.1, -0.05) is 36.4 Å². The lowest BCUT2D eigenvalue weighted by molar-refractivity contribution is -0.121. The quantitative estimate of drug-likeness (QED) is 0.478. The lowest BCUT2D eigenvalue weighted by atomic mass is 9.77.